The third-order valence-electron chi connectivity index (χ3n) is 4.60. The zero-order valence-corrected chi connectivity index (χ0v) is 18.5. The van der Waals surface area contributed by atoms with Gasteiger partial charge >= 0.3 is 0 Å². The van der Waals surface area contributed by atoms with Crippen molar-refractivity contribution < 1.29 is 9.84 Å². The number of hydrogen-bond acceptors (Lipinski definition) is 4. The van der Waals surface area contributed by atoms with Crippen LogP contribution in [-0.2, 0) is 17.9 Å². The van der Waals surface area contributed by atoms with Gasteiger partial charge in [0.1, 0.15) is 0 Å². The number of aliphatic imine (C=N–C) groups is 1. The van der Waals surface area contributed by atoms with E-state index >= 15 is 0 Å². The second-order valence-corrected chi connectivity index (χ2v) is 6.89. The summed E-state index contributed by atoms with van der Waals surface area (Å²) in [7, 11) is 0. The summed E-state index contributed by atoms with van der Waals surface area (Å²) in [6.45, 7) is 12.3. The van der Waals surface area contributed by atoms with Crippen LogP contribution in [0.1, 0.15) is 31.9 Å². The molecule has 0 atom stereocenters. The van der Waals surface area contributed by atoms with E-state index in [1.165, 1.54) is 0 Å². The molecule has 0 aromatic heterocycles. The Morgan fingerprint density at radius 3 is 2.46 bits per heavy atom. The van der Waals surface area contributed by atoms with Gasteiger partial charge in [0, 0.05) is 31.7 Å². The molecule has 1 fully saturated rings. The van der Waals surface area contributed by atoms with Crippen LogP contribution < -0.4 is 10.6 Å². The monoisotopic (exact) mass is 476 g/mol. The molecule has 0 aliphatic carbocycles. The van der Waals surface area contributed by atoms with Gasteiger partial charge in [-0.2, -0.15) is 0 Å². The molecule has 0 spiro atoms. The van der Waals surface area contributed by atoms with E-state index in [1.54, 1.807) is 0 Å². The van der Waals surface area contributed by atoms with Gasteiger partial charge in [-0.3, -0.25) is 4.90 Å². The van der Waals surface area contributed by atoms with Gasteiger partial charge in [-0.1, -0.05) is 24.3 Å². The fourth-order valence-electron chi connectivity index (χ4n) is 2.95. The lowest BCUT2D eigenvalue weighted by Crippen LogP contribution is -2.56. The number of guanidine groups is 1. The van der Waals surface area contributed by atoms with Crippen LogP contribution in [0.15, 0.2) is 29.3 Å². The van der Waals surface area contributed by atoms with Crippen LogP contribution >= 0.6 is 24.0 Å². The second-order valence-electron chi connectivity index (χ2n) is 6.89. The number of ether oxygens (including phenoxy) is 1. The molecule has 0 radical (unpaired) electrons. The van der Waals surface area contributed by atoms with Gasteiger partial charge in [0.2, 0.25) is 0 Å². The Kier molecular flexibility index (Phi) is 10.4. The van der Waals surface area contributed by atoms with E-state index in [-0.39, 0.29) is 36.1 Å². The number of halogens is 1. The van der Waals surface area contributed by atoms with Gasteiger partial charge in [-0.25, -0.2) is 4.99 Å². The number of morpholine rings is 1. The average molecular weight is 476 g/mol. The second kappa shape index (κ2) is 11.7. The van der Waals surface area contributed by atoms with Crippen molar-refractivity contribution in [1.29, 1.82) is 0 Å². The molecular weight excluding hydrogens is 443 g/mol. The van der Waals surface area contributed by atoms with Gasteiger partial charge in [0.25, 0.3) is 0 Å². The molecule has 0 unspecified atom stereocenters. The molecule has 148 valence electrons. The standard InChI is InChI=1S/C19H32N4O2.HI/c1-4-20-18(21-13-16-7-5-6-8-17(16)14-24)22-15-19(2,3)23-9-11-25-12-10-23;/h5-8,24H,4,9-15H2,1-3H3,(H2,20,21,22);1H. The van der Waals surface area contributed by atoms with Gasteiger partial charge in [0.15, 0.2) is 5.96 Å². The highest BCUT2D eigenvalue weighted by Crippen LogP contribution is 2.15. The van der Waals surface area contributed by atoms with Crippen molar-refractivity contribution in [2.24, 2.45) is 4.99 Å². The number of aliphatic hydroxyl groups is 1. The lowest BCUT2D eigenvalue weighted by molar-refractivity contribution is -0.00834. The molecule has 1 heterocycles. The van der Waals surface area contributed by atoms with Crippen molar-refractivity contribution in [2.75, 3.05) is 39.4 Å². The summed E-state index contributed by atoms with van der Waals surface area (Å²) in [5.74, 6) is 0.802. The van der Waals surface area contributed by atoms with E-state index in [2.05, 4.69) is 41.3 Å². The van der Waals surface area contributed by atoms with E-state index < -0.39 is 0 Å². The Morgan fingerprint density at radius 2 is 1.85 bits per heavy atom. The fraction of sp³-hybridized carbons (Fsp3) is 0.632. The summed E-state index contributed by atoms with van der Waals surface area (Å²) in [4.78, 5) is 7.13. The summed E-state index contributed by atoms with van der Waals surface area (Å²) in [5.41, 5.74) is 2.01. The van der Waals surface area contributed by atoms with Crippen LogP contribution in [0.4, 0.5) is 0 Å². The lowest BCUT2D eigenvalue weighted by atomic mass is 10.0. The van der Waals surface area contributed by atoms with Gasteiger partial charge in [-0.15, -0.1) is 24.0 Å². The largest absolute Gasteiger partial charge is 0.392 e. The average Bonchev–Trinajstić information content (AvgIpc) is 2.65. The fourth-order valence-corrected chi connectivity index (χ4v) is 2.95. The third kappa shape index (κ3) is 7.02. The number of nitrogens with zero attached hydrogens (tertiary/aromatic N) is 2. The van der Waals surface area contributed by atoms with Crippen LogP contribution in [-0.4, -0.2) is 60.9 Å². The SMILES string of the molecule is CCNC(=NCc1ccccc1CO)NCC(C)(C)N1CCOCC1.I. The molecule has 1 saturated heterocycles. The first kappa shape index (κ1) is 23.1. The van der Waals surface area contributed by atoms with Crippen LogP contribution in [0, 0.1) is 0 Å². The van der Waals surface area contributed by atoms with Crippen molar-refractivity contribution in [3.05, 3.63) is 35.4 Å². The van der Waals surface area contributed by atoms with Gasteiger partial charge in [0.05, 0.1) is 26.4 Å². The van der Waals surface area contributed by atoms with Gasteiger partial charge in [-0.05, 0) is 31.9 Å². The number of rotatable bonds is 7. The summed E-state index contributed by atoms with van der Waals surface area (Å²) < 4.78 is 5.45. The quantitative estimate of drug-likeness (QED) is 0.319. The van der Waals surface area contributed by atoms with Crippen LogP contribution in [0.3, 0.4) is 0 Å². The molecule has 1 aliphatic heterocycles. The maximum atomic E-state index is 9.45. The maximum Gasteiger partial charge on any atom is 0.191 e. The lowest BCUT2D eigenvalue weighted by Gasteiger charge is -2.41. The summed E-state index contributed by atoms with van der Waals surface area (Å²) >= 11 is 0. The number of hydrogen-bond donors (Lipinski definition) is 3. The van der Waals surface area contributed by atoms with Crippen LogP contribution in [0.2, 0.25) is 0 Å². The Bertz CT molecular complexity index is 560. The molecule has 1 aromatic carbocycles. The Balaban J connectivity index is 0.00000338. The zero-order valence-electron chi connectivity index (χ0n) is 16.1. The summed E-state index contributed by atoms with van der Waals surface area (Å²) in [6.07, 6.45) is 0. The molecule has 2 rings (SSSR count). The first-order chi connectivity index (χ1) is 12.1. The van der Waals surface area contributed by atoms with Crippen LogP contribution in [0.25, 0.3) is 0 Å². The van der Waals surface area contributed by atoms with Crippen molar-refractivity contribution in [2.45, 2.75) is 39.5 Å². The molecule has 7 heteroatoms. The molecule has 0 saturated carbocycles. The Labute approximate surface area is 174 Å². The topological polar surface area (TPSA) is 69.1 Å². The minimum absolute atomic E-state index is 0. The van der Waals surface area contributed by atoms with E-state index in [0.717, 1.165) is 56.5 Å². The van der Waals surface area contributed by atoms with Crippen molar-refractivity contribution in [1.82, 2.24) is 15.5 Å². The van der Waals surface area contributed by atoms with E-state index in [0.29, 0.717) is 6.54 Å². The minimum atomic E-state index is 0. The number of aliphatic hydroxyl groups excluding tert-OH is 1. The molecule has 0 bridgehead atoms. The number of benzene rings is 1. The maximum absolute atomic E-state index is 9.45. The van der Waals surface area contributed by atoms with Crippen molar-refractivity contribution in [3.63, 3.8) is 0 Å². The molecular formula is C19H33IN4O2. The van der Waals surface area contributed by atoms with Crippen molar-refractivity contribution in [3.8, 4) is 0 Å². The molecule has 1 aliphatic rings. The van der Waals surface area contributed by atoms with Crippen LogP contribution in [0.5, 0.6) is 0 Å². The first-order valence-corrected chi connectivity index (χ1v) is 9.09. The highest BCUT2D eigenvalue weighted by Gasteiger charge is 2.28. The van der Waals surface area contributed by atoms with E-state index in [9.17, 15) is 5.11 Å². The predicted molar refractivity (Wildman–Crippen MR) is 117 cm³/mol. The first-order valence-electron chi connectivity index (χ1n) is 9.09. The highest BCUT2D eigenvalue weighted by atomic mass is 127. The Hall–Kier alpha value is -0.900. The smallest absolute Gasteiger partial charge is 0.191 e. The Morgan fingerprint density at radius 1 is 1.19 bits per heavy atom. The third-order valence-corrected chi connectivity index (χ3v) is 4.60. The normalized spacial score (nSPS) is 16.1. The summed E-state index contributed by atoms with van der Waals surface area (Å²) in [5, 5.41) is 16.2. The van der Waals surface area contributed by atoms with Gasteiger partial charge < -0.3 is 20.5 Å². The molecule has 6 nitrogen and oxygen atoms in total. The predicted octanol–water partition coefficient (Wildman–Crippen LogP) is 1.96. The molecule has 26 heavy (non-hydrogen) atoms. The number of nitrogens with one attached hydrogen (secondary N) is 2. The van der Waals surface area contributed by atoms with E-state index in [1.807, 2.05) is 24.3 Å². The van der Waals surface area contributed by atoms with Crippen molar-refractivity contribution >= 4 is 29.9 Å². The molecule has 3 N–H and O–H groups in total. The highest BCUT2D eigenvalue weighted by molar-refractivity contribution is 14.0. The van der Waals surface area contributed by atoms with E-state index in [4.69, 9.17) is 4.74 Å². The molecule has 1 aromatic rings. The summed E-state index contributed by atoms with van der Waals surface area (Å²) in [6, 6.07) is 7.86. The molecule has 0 amide bonds. The zero-order chi connectivity index (χ0) is 18.1. The minimum Gasteiger partial charge on any atom is -0.392 e.